The zero-order valence-corrected chi connectivity index (χ0v) is 12.3. The second-order valence-electron chi connectivity index (χ2n) is 4.54. The van der Waals surface area contributed by atoms with Crippen molar-refractivity contribution in [2.24, 2.45) is 0 Å². The Morgan fingerprint density at radius 3 is 2.57 bits per heavy atom. The van der Waals surface area contributed by atoms with Crippen LogP contribution in [0.3, 0.4) is 0 Å². The number of rotatable bonds is 7. The third-order valence-corrected chi connectivity index (χ3v) is 3.80. The highest BCUT2D eigenvalue weighted by Gasteiger charge is 2.05. The van der Waals surface area contributed by atoms with Crippen LogP contribution in [0.4, 0.5) is 0 Å². The number of carboxylic acid groups (broad SMARTS) is 1. The summed E-state index contributed by atoms with van der Waals surface area (Å²) < 4.78 is 5.09. The van der Waals surface area contributed by atoms with Gasteiger partial charge in [-0.15, -0.1) is 11.8 Å². The number of carbonyl (C=O) groups excluding carboxylic acids is 1. The molecule has 0 saturated heterocycles. The molecule has 0 aliphatic carbocycles. The van der Waals surface area contributed by atoms with Crippen LogP contribution < -0.4 is 0 Å². The summed E-state index contributed by atoms with van der Waals surface area (Å²) in [4.78, 5) is 21.7. The first-order valence-electron chi connectivity index (χ1n) is 6.58. The molecule has 21 heavy (non-hydrogen) atoms. The maximum Gasteiger partial charge on any atom is 0.315 e. The van der Waals surface area contributed by atoms with Gasteiger partial charge in [0.05, 0.1) is 18.1 Å². The van der Waals surface area contributed by atoms with Crippen molar-refractivity contribution < 1.29 is 19.4 Å². The van der Waals surface area contributed by atoms with Crippen molar-refractivity contribution in [2.45, 2.75) is 6.42 Å². The number of aliphatic carboxylic acids is 1. The van der Waals surface area contributed by atoms with E-state index >= 15 is 0 Å². The van der Waals surface area contributed by atoms with Crippen molar-refractivity contribution in [2.75, 3.05) is 18.1 Å². The summed E-state index contributed by atoms with van der Waals surface area (Å²) in [6.07, 6.45) is 0.653. The van der Waals surface area contributed by atoms with E-state index in [0.717, 1.165) is 17.3 Å². The van der Waals surface area contributed by atoms with Gasteiger partial charge < -0.3 is 9.84 Å². The molecule has 1 N–H and O–H groups in total. The van der Waals surface area contributed by atoms with Crippen LogP contribution in [0.15, 0.2) is 42.5 Å². The molecular weight excluding hydrogens is 288 g/mol. The third kappa shape index (κ3) is 5.11. The number of benzene rings is 2. The standard InChI is InChI=1S/C16H16O4S/c17-15(18)10-21-11-16(19)20-8-7-12-5-6-13-3-1-2-4-14(13)9-12/h1-6,9H,7-8,10-11H2,(H,17,18). The number of fused-ring (bicyclic) bond motifs is 1. The molecule has 0 aliphatic heterocycles. The Hall–Kier alpha value is -2.01. The van der Waals surface area contributed by atoms with Crippen molar-refractivity contribution in [3.05, 3.63) is 48.0 Å². The predicted molar refractivity (Wildman–Crippen MR) is 83.6 cm³/mol. The van der Waals surface area contributed by atoms with E-state index in [1.54, 1.807) is 0 Å². The van der Waals surface area contributed by atoms with Crippen LogP contribution in [0.2, 0.25) is 0 Å². The van der Waals surface area contributed by atoms with E-state index < -0.39 is 5.97 Å². The van der Waals surface area contributed by atoms with Crippen LogP contribution in [0, 0.1) is 0 Å². The molecule has 5 heteroatoms. The van der Waals surface area contributed by atoms with Crippen LogP contribution in [0.1, 0.15) is 5.56 Å². The lowest BCUT2D eigenvalue weighted by Crippen LogP contribution is -2.11. The van der Waals surface area contributed by atoms with Crippen molar-refractivity contribution >= 4 is 34.5 Å². The second-order valence-corrected chi connectivity index (χ2v) is 5.52. The number of ether oxygens (including phenoxy) is 1. The molecule has 2 rings (SSSR count). The summed E-state index contributed by atoms with van der Waals surface area (Å²) in [6.45, 7) is 0.310. The van der Waals surface area contributed by atoms with E-state index in [4.69, 9.17) is 9.84 Å². The summed E-state index contributed by atoms with van der Waals surface area (Å²) in [7, 11) is 0. The van der Waals surface area contributed by atoms with E-state index in [1.807, 2.05) is 24.3 Å². The van der Waals surface area contributed by atoms with E-state index in [-0.39, 0.29) is 17.5 Å². The van der Waals surface area contributed by atoms with E-state index in [1.165, 1.54) is 10.8 Å². The average molecular weight is 304 g/mol. The predicted octanol–water partition coefficient (Wildman–Crippen LogP) is 2.74. The first-order valence-corrected chi connectivity index (χ1v) is 7.73. The minimum Gasteiger partial charge on any atom is -0.481 e. The van der Waals surface area contributed by atoms with Gasteiger partial charge in [-0.2, -0.15) is 0 Å². The first-order chi connectivity index (χ1) is 10.1. The molecule has 4 nitrogen and oxygen atoms in total. The first kappa shape index (κ1) is 15.4. The van der Waals surface area contributed by atoms with Gasteiger partial charge in [0.15, 0.2) is 0 Å². The molecule has 2 aromatic rings. The van der Waals surface area contributed by atoms with Crippen molar-refractivity contribution in [3.8, 4) is 0 Å². The average Bonchev–Trinajstić information content (AvgIpc) is 2.47. The van der Waals surface area contributed by atoms with Gasteiger partial charge in [0.1, 0.15) is 0 Å². The Bertz CT molecular complexity index is 639. The fourth-order valence-corrected chi connectivity index (χ4v) is 2.47. The molecule has 0 saturated carbocycles. The van der Waals surface area contributed by atoms with Gasteiger partial charge in [-0.3, -0.25) is 9.59 Å². The Balaban J connectivity index is 1.77. The second kappa shape index (κ2) is 7.69. The van der Waals surface area contributed by atoms with Crippen molar-refractivity contribution in [1.29, 1.82) is 0 Å². The van der Waals surface area contributed by atoms with Crippen molar-refractivity contribution in [3.63, 3.8) is 0 Å². The van der Waals surface area contributed by atoms with Crippen LogP contribution in [-0.2, 0) is 20.7 Å². The summed E-state index contributed by atoms with van der Waals surface area (Å²) in [5.74, 6) is -1.31. The third-order valence-electron chi connectivity index (χ3n) is 2.91. The maximum atomic E-state index is 11.4. The summed E-state index contributed by atoms with van der Waals surface area (Å²) in [5.41, 5.74) is 1.11. The van der Waals surface area contributed by atoms with Gasteiger partial charge in [0.2, 0.25) is 0 Å². The number of carbonyl (C=O) groups is 2. The quantitative estimate of drug-likeness (QED) is 0.797. The highest BCUT2D eigenvalue weighted by Crippen LogP contribution is 2.16. The molecule has 0 heterocycles. The Labute approximate surface area is 127 Å². The Morgan fingerprint density at radius 1 is 1.05 bits per heavy atom. The number of esters is 1. The van der Waals surface area contributed by atoms with Gasteiger partial charge in [-0.1, -0.05) is 42.5 Å². The lowest BCUT2D eigenvalue weighted by Gasteiger charge is -2.06. The fourth-order valence-electron chi connectivity index (χ4n) is 1.94. The molecule has 0 fully saturated rings. The van der Waals surface area contributed by atoms with Gasteiger partial charge in [-0.25, -0.2) is 0 Å². The van der Waals surface area contributed by atoms with Crippen LogP contribution in [0.5, 0.6) is 0 Å². The molecule has 0 unspecified atom stereocenters. The molecule has 2 aromatic carbocycles. The molecule has 0 bridgehead atoms. The van der Waals surface area contributed by atoms with Gasteiger partial charge in [0.25, 0.3) is 0 Å². The molecule has 0 radical (unpaired) electrons. The summed E-state index contributed by atoms with van der Waals surface area (Å²) in [5, 5.41) is 10.8. The van der Waals surface area contributed by atoms with Gasteiger partial charge in [0, 0.05) is 6.42 Å². The SMILES string of the molecule is O=C(O)CSCC(=O)OCCc1ccc2ccccc2c1. The number of carboxylic acids is 1. The van der Waals surface area contributed by atoms with Crippen LogP contribution in [-0.4, -0.2) is 35.2 Å². The molecule has 0 amide bonds. The summed E-state index contributed by atoms with van der Waals surface area (Å²) in [6, 6.07) is 14.3. The number of hydrogen-bond acceptors (Lipinski definition) is 4. The maximum absolute atomic E-state index is 11.4. The van der Waals surface area contributed by atoms with E-state index in [2.05, 4.69) is 18.2 Å². The van der Waals surface area contributed by atoms with Crippen LogP contribution in [0.25, 0.3) is 10.8 Å². The van der Waals surface area contributed by atoms with E-state index in [0.29, 0.717) is 13.0 Å². The minimum absolute atomic E-state index is 0.0734. The van der Waals surface area contributed by atoms with Crippen LogP contribution >= 0.6 is 11.8 Å². The Morgan fingerprint density at radius 2 is 1.81 bits per heavy atom. The lowest BCUT2D eigenvalue weighted by atomic mass is 10.1. The zero-order chi connectivity index (χ0) is 15.1. The smallest absolute Gasteiger partial charge is 0.315 e. The normalized spacial score (nSPS) is 10.5. The van der Waals surface area contributed by atoms with Gasteiger partial charge >= 0.3 is 11.9 Å². The molecule has 110 valence electrons. The highest BCUT2D eigenvalue weighted by atomic mass is 32.2. The highest BCUT2D eigenvalue weighted by molar-refractivity contribution is 8.00. The van der Waals surface area contributed by atoms with E-state index in [9.17, 15) is 9.59 Å². The Kier molecular flexibility index (Phi) is 5.63. The molecular formula is C16H16O4S. The molecule has 0 spiro atoms. The lowest BCUT2D eigenvalue weighted by molar-refractivity contribution is -0.140. The number of thioether (sulfide) groups is 1. The minimum atomic E-state index is -0.927. The fraction of sp³-hybridized carbons (Fsp3) is 0.250. The topological polar surface area (TPSA) is 63.6 Å². The molecule has 0 aromatic heterocycles. The van der Waals surface area contributed by atoms with Crippen molar-refractivity contribution in [1.82, 2.24) is 0 Å². The monoisotopic (exact) mass is 304 g/mol. The molecule has 0 aliphatic rings. The zero-order valence-electron chi connectivity index (χ0n) is 11.5. The molecule has 0 atom stereocenters. The summed E-state index contributed by atoms with van der Waals surface area (Å²) >= 11 is 1.04. The van der Waals surface area contributed by atoms with Gasteiger partial charge in [-0.05, 0) is 16.3 Å². The largest absolute Gasteiger partial charge is 0.481 e. The number of hydrogen-bond donors (Lipinski definition) is 1.